The molecule has 4 nitrogen and oxygen atoms in total. The molecule has 0 atom stereocenters. The fourth-order valence-electron chi connectivity index (χ4n) is 1.56. The Labute approximate surface area is 90.9 Å². The van der Waals surface area contributed by atoms with Crippen molar-refractivity contribution in [1.82, 2.24) is 0 Å². The van der Waals surface area contributed by atoms with Crippen LogP contribution in [-0.4, -0.2) is 19.9 Å². The number of carbonyl (C=O) groups is 1. The molecular formula is C8H11F3O4S. The van der Waals surface area contributed by atoms with Gasteiger partial charge in [0.15, 0.2) is 0 Å². The van der Waals surface area contributed by atoms with Gasteiger partial charge in [-0.05, 0) is 12.8 Å². The largest absolute Gasteiger partial charge is 0.534 e. The first kappa shape index (κ1) is 13.3. The van der Waals surface area contributed by atoms with Gasteiger partial charge in [0.25, 0.3) is 0 Å². The van der Waals surface area contributed by atoms with Crippen LogP contribution in [0.2, 0.25) is 0 Å². The van der Waals surface area contributed by atoms with Crippen molar-refractivity contribution in [3.63, 3.8) is 0 Å². The van der Waals surface area contributed by atoms with Gasteiger partial charge in [-0.3, -0.25) is 4.79 Å². The standard InChI is InChI=1S/C8H11F3O4S/c9-8(10,11)16(13,14)15-7(12)6-4-2-1-3-5-6/h6H,1-5H2. The Balaban J connectivity index is 2.64. The van der Waals surface area contributed by atoms with Crippen LogP contribution < -0.4 is 0 Å². The summed E-state index contributed by atoms with van der Waals surface area (Å²) in [6.07, 6.45) is 3.06. The minimum absolute atomic E-state index is 0.381. The van der Waals surface area contributed by atoms with Gasteiger partial charge in [-0.25, -0.2) is 0 Å². The van der Waals surface area contributed by atoms with Crippen molar-refractivity contribution in [3.8, 4) is 0 Å². The van der Waals surface area contributed by atoms with E-state index in [-0.39, 0.29) is 0 Å². The molecule has 94 valence electrons. The molecule has 1 aliphatic carbocycles. The number of hydrogen-bond acceptors (Lipinski definition) is 4. The average Bonchev–Trinajstić information content (AvgIpc) is 2.16. The third-order valence-corrected chi connectivity index (χ3v) is 3.36. The highest BCUT2D eigenvalue weighted by molar-refractivity contribution is 7.88. The van der Waals surface area contributed by atoms with Crippen LogP contribution in [0.4, 0.5) is 13.2 Å². The Morgan fingerprint density at radius 1 is 1.12 bits per heavy atom. The van der Waals surface area contributed by atoms with Crippen molar-refractivity contribution in [2.75, 3.05) is 0 Å². The summed E-state index contributed by atoms with van der Waals surface area (Å²) in [6.45, 7) is 0. The Kier molecular flexibility index (Phi) is 3.82. The molecular weight excluding hydrogens is 249 g/mol. The molecule has 1 rings (SSSR count). The van der Waals surface area contributed by atoms with Gasteiger partial charge in [-0.1, -0.05) is 19.3 Å². The monoisotopic (exact) mass is 260 g/mol. The Bertz CT molecular complexity index is 354. The molecule has 0 aromatic carbocycles. The number of carbonyl (C=O) groups excluding carboxylic acids is 1. The van der Waals surface area contributed by atoms with Crippen molar-refractivity contribution in [1.29, 1.82) is 0 Å². The molecule has 1 aliphatic rings. The van der Waals surface area contributed by atoms with Crippen LogP contribution in [0.25, 0.3) is 0 Å². The number of hydrogen-bond donors (Lipinski definition) is 0. The van der Waals surface area contributed by atoms with E-state index in [0.29, 0.717) is 25.7 Å². The highest BCUT2D eigenvalue weighted by atomic mass is 32.2. The summed E-state index contributed by atoms with van der Waals surface area (Å²) >= 11 is 0. The highest BCUT2D eigenvalue weighted by Crippen LogP contribution is 2.29. The lowest BCUT2D eigenvalue weighted by Gasteiger charge is -2.19. The van der Waals surface area contributed by atoms with Gasteiger partial charge >= 0.3 is 21.6 Å². The summed E-state index contributed by atoms with van der Waals surface area (Å²) < 4.78 is 60.3. The summed E-state index contributed by atoms with van der Waals surface area (Å²) in [5, 5.41) is 0. The van der Waals surface area contributed by atoms with E-state index in [1.807, 2.05) is 0 Å². The molecule has 0 spiro atoms. The van der Waals surface area contributed by atoms with Gasteiger partial charge in [0, 0.05) is 0 Å². The van der Waals surface area contributed by atoms with E-state index in [9.17, 15) is 26.4 Å². The van der Waals surface area contributed by atoms with E-state index in [1.54, 1.807) is 0 Å². The fraction of sp³-hybridized carbons (Fsp3) is 0.875. The number of rotatable bonds is 2. The van der Waals surface area contributed by atoms with Gasteiger partial charge in [-0.2, -0.15) is 21.6 Å². The lowest BCUT2D eigenvalue weighted by molar-refractivity contribution is -0.141. The van der Waals surface area contributed by atoms with Crippen LogP contribution in [-0.2, 0) is 19.1 Å². The normalized spacial score (nSPS) is 19.4. The number of alkyl halides is 3. The quantitative estimate of drug-likeness (QED) is 0.562. The van der Waals surface area contributed by atoms with Crippen LogP contribution in [0, 0.1) is 5.92 Å². The maximum absolute atomic E-state index is 11.9. The molecule has 0 N–H and O–H groups in total. The second-order valence-corrected chi connectivity index (χ2v) is 5.17. The summed E-state index contributed by atoms with van der Waals surface area (Å²) in [5.41, 5.74) is -5.54. The average molecular weight is 260 g/mol. The van der Waals surface area contributed by atoms with Gasteiger partial charge in [0.05, 0.1) is 5.92 Å². The zero-order valence-corrected chi connectivity index (χ0v) is 9.10. The van der Waals surface area contributed by atoms with Gasteiger partial charge < -0.3 is 4.18 Å². The summed E-state index contributed by atoms with van der Waals surface area (Å²) in [6, 6.07) is 0. The van der Waals surface area contributed by atoms with E-state index >= 15 is 0 Å². The Morgan fingerprint density at radius 3 is 2.06 bits per heavy atom. The number of halogens is 3. The maximum atomic E-state index is 11.9. The topological polar surface area (TPSA) is 60.4 Å². The zero-order chi connectivity index (χ0) is 12.4. The van der Waals surface area contributed by atoms with E-state index in [2.05, 4.69) is 4.18 Å². The second kappa shape index (κ2) is 4.60. The molecule has 0 amide bonds. The van der Waals surface area contributed by atoms with Gasteiger partial charge in [-0.15, -0.1) is 0 Å². The van der Waals surface area contributed by atoms with Crippen molar-refractivity contribution < 1.29 is 30.6 Å². The smallest absolute Gasteiger partial charge is 0.339 e. The molecule has 1 saturated carbocycles. The molecule has 8 heteroatoms. The molecule has 0 bridgehead atoms. The van der Waals surface area contributed by atoms with Gasteiger partial charge in [0.2, 0.25) is 0 Å². The summed E-state index contributed by atoms with van der Waals surface area (Å²) in [4.78, 5) is 11.2. The Hall–Kier alpha value is -0.790. The predicted octanol–water partition coefficient (Wildman–Crippen LogP) is 1.96. The molecule has 0 saturated heterocycles. The van der Waals surface area contributed by atoms with E-state index in [1.165, 1.54) is 0 Å². The molecule has 0 unspecified atom stereocenters. The third-order valence-electron chi connectivity index (χ3n) is 2.41. The van der Waals surface area contributed by atoms with Crippen molar-refractivity contribution in [2.45, 2.75) is 37.6 Å². The minimum Gasteiger partial charge on any atom is -0.339 e. The molecule has 0 aliphatic heterocycles. The predicted molar refractivity (Wildman–Crippen MR) is 47.6 cm³/mol. The van der Waals surface area contributed by atoms with Crippen molar-refractivity contribution in [3.05, 3.63) is 0 Å². The lowest BCUT2D eigenvalue weighted by Crippen LogP contribution is -2.31. The van der Waals surface area contributed by atoms with Crippen LogP contribution in [0.1, 0.15) is 32.1 Å². The third kappa shape index (κ3) is 3.10. The SMILES string of the molecule is O=C(OS(=O)(=O)C(F)(F)F)C1CCCCC1. The molecule has 16 heavy (non-hydrogen) atoms. The van der Waals surface area contributed by atoms with Gasteiger partial charge in [0.1, 0.15) is 0 Å². The molecule has 0 aromatic heterocycles. The summed E-state index contributed by atoms with van der Waals surface area (Å²) in [5.74, 6) is -2.03. The molecule has 0 radical (unpaired) electrons. The minimum atomic E-state index is -5.80. The van der Waals surface area contributed by atoms with E-state index in [0.717, 1.165) is 6.42 Å². The first-order valence-corrected chi connectivity index (χ1v) is 6.19. The first-order valence-electron chi connectivity index (χ1n) is 4.78. The Morgan fingerprint density at radius 2 is 1.62 bits per heavy atom. The fourth-order valence-corrected chi connectivity index (χ4v) is 2.01. The van der Waals surface area contributed by atoms with Crippen LogP contribution in [0.5, 0.6) is 0 Å². The van der Waals surface area contributed by atoms with Crippen LogP contribution >= 0.6 is 0 Å². The second-order valence-electron chi connectivity index (χ2n) is 3.64. The molecule has 0 aromatic rings. The van der Waals surface area contributed by atoms with E-state index in [4.69, 9.17) is 0 Å². The molecule has 0 heterocycles. The van der Waals surface area contributed by atoms with E-state index < -0.39 is 27.5 Å². The maximum Gasteiger partial charge on any atom is 0.534 e. The highest BCUT2D eigenvalue weighted by Gasteiger charge is 2.50. The van der Waals surface area contributed by atoms with Crippen LogP contribution in [0.15, 0.2) is 0 Å². The van der Waals surface area contributed by atoms with Crippen molar-refractivity contribution in [2.24, 2.45) is 5.92 Å². The van der Waals surface area contributed by atoms with Crippen LogP contribution in [0.3, 0.4) is 0 Å². The summed E-state index contributed by atoms with van der Waals surface area (Å²) in [7, 11) is -5.80. The lowest BCUT2D eigenvalue weighted by atomic mass is 9.90. The first-order chi connectivity index (χ1) is 7.24. The molecule has 1 fully saturated rings. The van der Waals surface area contributed by atoms with Crippen molar-refractivity contribution >= 4 is 16.1 Å². The zero-order valence-electron chi connectivity index (χ0n) is 8.29.